The van der Waals surface area contributed by atoms with E-state index in [4.69, 9.17) is 0 Å². The third-order valence-electron chi connectivity index (χ3n) is 12.1. The van der Waals surface area contributed by atoms with Crippen molar-refractivity contribution in [3.8, 4) is 11.1 Å². The number of allylic oxidation sites excluding steroid dienone is 4. The second-order valence-corrected chi connectivity index (χ2v) is 35.3. The van der Waals surface area contributed by atoms with E-state index in [9.17, 15) is 0 Å². The van der Waals surface area contributed by atoms with Gasteiger partial charge >= 0.3 is 329 Å². The van der Waals surface area contributed by atoms with Gasteiger partial charge in [0.05, 0.1) is 0 Å². The average molecular weight is 871 g/mol. The molecule has 286 valence electrons. The van der Waals surface area contributed by atoms with Gasteiger partial charge in [-0.2, -0.15) is 0 Å². The normalized spacial score (nSPS) is 14.2. The van der Waals surface area contributed by atoms with Gasteiger partial charge in [-0.05, 0) is 0 Å². The molecule has 4 aromatic carbocycles. The van der Waals surface area contributed by atoms with Crippen LogP contribution in [0.25, 0.3) is 11.1 Å². The molecule has 0 aliphatic heterocycles. The molecule has 4 aromatic rings. The summed E-state index contributed by atoms with van der Waals surface area (Å²) in [6, 6.07) is 30.9. The summed E-state index contributed by atoms with van der Waals surface area (Å²) in [5.41, 5.74) is 17.3. The summed E-state index contributed by atoms with van der Waals surface area (Å²) in [6.07, 6.45) is 16.8. The van der Waals surface area contributed by atoms with E-state index in [2.05, 4.69) is 164 Å². The van der Waals surface area contributed by atoms with E-state index in [1.54, 1.807) is 42.2 Å². The third kappa shape index (κ3) is 9.80. The Kier molecular flexibility index (Phi) is 15.8. The quantitative estimate of drug-likeness (QED) is 0.104. The van der Waals surface area contributed by atoms with Crippen LogP contribution >= 0.6 is 0 Å². The standard InChI is InChI=1S/C29H45Si2.C15H14.C5H5.2ClH.Zr/c1-11-13-28(30(5,6)7)24-18-26-22(15-20(24)3)17-23-16-21(4)25(19-27(23)26)29(14-12-2)31(8,9)10;1-3-8-14(9-4-1)12-7-13-15-10-5-2-6-11-15;1-2-4-5-3-1;;;/h15,18-19,28-29H,11-14,17H2,1-10H3;1-6,8-11H,12-13H2;1-3H,4H2;2*1H;/q;;;;;+2/p-2. The van der Waals surface area contributed by atoms with Crippen molar-refractivity contribution < 1.29 is 46.1 Å². The molecule has 0 bridgehead atoms. The zero-order valence-electron chi connectivity index (χ0n) is 34.8. The van der Waals surface area contributed by atoms with Crippen molar-refractivity contribution >= 4 is 22.6 Å². The molecular weight excluding hydrogens is 807 g/mol. The van der Waals surface area contributed by atoms with Gasteiger partial charge in [0.25, 0.3) is 0 Å². The van der Waals surface area contributed by atoms with E-state index in [0.29, 0.717) is 11.1 Å². The number of fused-ring (bicyclic) bond motifs is 3. The molecule has 2 aliphatic carbocycles. The first-order valence-corrected chi connectivity index (χ1v) is 31.1. The summed E-state index contributed by atoms with van der Waals surface area (Å²) < 4.78 is 5.42. The maximum atomic E-state index is 2.76. The maximum absolute atomic E-state index is 2.76. The topological polar surface area (TPSA) is 0 Å². The molecule has 2 unspecified atom stereocenters. The van der Waals surface area contributed by atoms with Crippen LogP contribution in [0.1, 0.15) is 102 Å². The molecule has 5 heteroatoms. The van der Waals surface area contributed by atoms with Gasteiger partial charge in [0.15, 0.2) is 0 Å². The Morgan fingerprint density at radius 3 is 1.69 bits per heavy atom. The fourth-order valence-electron chi connectivity index (χ4n) is 9.54. The van der Waals surface area contributed by atoms with Gasteiger partial charge in [-0.25, -0.2) is 0 Å². The van der Waals surface area contributed by atoms with Crippen LogP contribution in [-0.4, -0.2) is 19.4 Å². The minimum absolute atomic E-state index is 0. The van der Waals surface area contributed by atoms with Gasteiger partial charge in [0, 0.05) is 0 Å². The van der Waals surface area contributed by atoms with Crippen LogP contribution in [0.4, 0.5) is 0 Å². The smallest absolute Gasteiger partial charge is 1.00 e. The predicted octanol–water partition coefficient (Wildman–Crippen LogP) is 7.15. The molecule has 0 radical (unpaired) electrons. The summed E-state index contributed by atoms with van der Waals surface area (Å²) >= 11 is -2.67. The van der Waals surface area contributed by atoms with Crippen LogP contribution in [-0.2, 0) is 40.5 Å². The van der Waals surface area contributed by atoms with Crippen molar-refractivity contribution in [1.29, 1.82) is 0 Å². The van der Waals surface area contributed by atoms with E-state index in [1.807, 2.05) is 6.48 Å². The van der Waals surface area contributed by atoms with Crippen molar-refractivity contribution in [2.45, 2.75) is 129 Å². The molecule has 0 nitrogen and oxygen atoms in total. The minimum atomic E-state index is -2.67. The number of aryl methyl sites for hydroxylation is 1. The Hall–Kier alpha value is -1.87. The Balaban J connectivity index is 0.00000325. The fraction of sp³-hybridized carbons (Fsp3) is 0.408. The second kappa shape index (κ2) is 19.0. The molecule has 54 heavy (non-hydrogen) atoms. The average Bonchev–Trinajstić information content (AvgIpc) is 3.75. The first-order chi connectivity index (χ1) is 24.8. The van der Waals surface area contributed by atoms with E-state index >= 15 is 0 Å². The summed E-state index contributed by atoms with van der Waals surface area (Å²) in [4.78, 5) is 0. The van der Waals surface area contributed by atoms with Crippen molar-refractivity contribution in [3.63, 3.8) is 0 Å². The van der Waals surface area contributed by atoms with Crippen LogP contribution in [0.2, 0.25) is 39.3 Å². The third-order valence-corrected chi connectivity index (χ3v) is 25.5. The molecule has 0 saturated heterocycles. The largest absolute Gasteiger partial charge is 1.00 e. The van der Waals surface area contributed by atoms with Crippen LogP contribution in [0.5, 0.6) is 0 Å². The van der Waals surface area contributed by atoms with Crippen molar-refractivity contribution in [2.75, 3.05) is 0 Å². The molecule has 2 atom stereocenters. The van der Waals surface area contributed by atoms with Gasteiger partial charge in [-0.1, -0.05) is 0 Å². The number of benzene rings is 4. The first-order valence-electron chi connectivity index (χ1n) is 20.3. The molecule has 2 aliphatic rings. The van der Waals surface area contributed by atoms with Gasteiger partial charge in [-0.15, -0.1) is 0 Å². The maximum Gasteiger partial charge on any atom is -1.00 e. The summed E-state index contributed by atoms with van der Waals surface area (Å²) in [6.45, 7) is 25.4. The molecule has 0 heterocycles. The zero-order valence-corrected chi connectivity index (χ0v) is 40.8. The Morgan fingerprint density at radius 2 is 1.20 bits per heavy atom. The van der Waals surface area contributed by atoms with Crippen LogP contribution < -0.4 is 28.1 Å². The molecule has 0 fully saturated rings. The van der Waals surface area contributed by atoms with Crippen LogP contribution in [0.3, 0.4) is 0 Å². The Morgan fingerprint density at radius 1 is 0.685 bits per heavy atom. The number of halogens is 2. The molecule has 6 rings (SSSR count). The summed E-state index contributed by atoms with van der Waals surface area (Å²) in [5, 5.41) is 0. The number of hydrogen-bond donors (Lipinski definition) is 0. The van der Waals surface area contributed by atoms with Gasteiger partial charge < -0.3 is 24.8 Å². The van der Waals surface area contributed by atoms with E-state index in [1.165, 1.54) is 42.4 Å². The van der Waals surface area contributed by atoms with Gasteiger partial charge in [0.1, 0.15) is 0 Å². The zero-order chi connectivity index (χ0) is 37.2. The minimum Gasteiger partial charge on any atom is -1.00 e. The van der Waals surface area contributed by atoms with Crippen molar-refractivity contribution in [1.82, 2.24) is 0 Å². The van der Waals surface area contributed by atoms with Crippen molar-refractivity contribution in [3.05, 3.63) is 145 Å². The first kappa shape index (κ1) is 44.8. The molecule has 0 saturated carbocycles. The van der Waals surface area contributed by atoms with Gasteiger partial charge in [-0.3, -0.25) is 0 Å². The predicted molar refractivity (Wildman–Crippen MR) is 233 cm³/mol. The molecule has 0 aromatic heterocycles. The Labute approximate surface area is 351 Å². The molecule has 0 spiro atoms. The van der Waals surface area contributed by atoms with Crippen LogP contribution in [0, 0.1) is 13.8 Å². The monoisotopic (exact) mass is 868 g/mol. The second-order valence-electron chi connectivity index (χ2n) is 18.1. The van der Waals surface area contributed by atoms with Gasteiger partial charge in [0.2, 0.25) is 0 Å². The van der Waals surface area contributed by atoms with E-state index < -0.39 is 37.4 Å². The van der Waals surface area contributed by atoms with Crippen molar-refractivity contribution in [2.24, 2.45) is 0 Å². The summed E-state index contributed by atoms with van der Waals surface area (Å²) in [7, 11) is -2.94. The summed E-state index contributed by atoms with van der Waals surface area (Å²) in [5.74, 6) is 0. The van der Waals surface area contributed by atoms with Crippen LogP contribution in [0.15, 0.2) is 100 Å². The molecule has 0 N–H and O–H groups in total. The molecule has 0 amide bonds. The SMILES string of the molecule is CCCC(c1cc2c(cc1C)Cc1c-2cc(C(CCC)[Si](C)(C)C)c(C)[c]1[Zr+2]([C]1=CC=CC1)=[C](Cc1ccccc1)Cc1ccccc1)[Si](C)(C)C.[Cl-].[Cl-]. The van der Waals surface area contributed by atoms with E-state index in [0.717, 1.165) is 25.7 Å². The number of rotatable bonds is 14. The molecular formula is C49H64Cl2Si2Zr. The Bertz CT molecular complexity index is 1950. The van der Waals surface area contributed by atoms with E-state index in [-0.39, 0.29) is 24.8 Å². The fourth-order valence-corrected chi connectivity index (χ4v) is 23.0. The number of hydrogen-bond acceptors (Lipinski definition) is 0.